The van der Waals surface area contributed by atoms with Gasteiger partial charge >= 0.3 is 0 Å². The Morgan fingerprint density at radius 3 is 2.82 bits per heavy atom. The second-order valence-corrected chi connectivity index (χ2v) is 3.74. The van der Waals surface area contributed by atoms with Gasteiger partial charge in [-0.1, -0.05) is 6.07 Å². The van der Waals surface area contributed by atoms with Crippen LogP contribution in [0.4, 0.5) is 0 Å². The Morgan fingerprint density at radius 1 is 1.35 bits per heavy atom. The highest BCUT2D eigenvalue weighted by molar-refractivity contribution is 5.81. The van der Waals surface area contributed by atoms with Gasteiger partial charge in [-0.05, 0) is 17.7 Å². The van der Waals surface area contributed by atoms with Gasteiger partial charge in [-0.2, -0.15) is 5.10 Å². The van der Waals surface area contributed by atoms with E-state index in [0.717, 1.165) is 0 Å². The molecule has 0 spiro atoms. The summed E-state index contributed by atoms with van der Waals surface area (Å²) in [6.45, 7) is -0.535. The van der Waals surface area contributed by atoms with Crippen LogP contribution >= 0.6 is 0 Å². The lowest BCUT2D eigenvalue weighted by atomic mass is 10.0. The molecule has 0 saturated carbocycles. The molecule has 1 heterocycles. The third-order valence-electron chi connectivity index (χ3n) is 2.58. The van der Waals surface area contributed by atoms with Crippen LogP contribution in [0.25, 0.3) is 10.8 Å². The molecule has 2 unspecified atom stereocenters. The van der Waals surface area contributed by atoms with Crippen LogP contribution in [0.15, 0.2) is 29.2 Å². The van der Waals surface area contributed by atoms with Crippen LogP contribution in [0.2, 0.25) is 0 Å². The van der Waals surface area contributed by atoms with Gasteiger partial charge in [-0.15, -0.1) is 0 Å². The van der Waals surface area contributed by atoms with Crippen LogP contribution in [0.1, 0.15) is 11.7 Å². The first kappa shape index (κ1) is 11.7. The highest BCUT2D eigenvalue weighted by Crippen LogP contribution is 2.20. The van der Waals surface area contributed by atoms with E-state index in [1.807, 2.05) is 0 Å². The van der Waals surface area contributed by atoms with Gasteiger partial charge in [-0.25, -0.2) is 5.10 Å². The molecule has 1 aromatic heterocycles. The van der Waals surface area contributed by atoms with Gasteiger partial charge < -0.3 is 15.3 Å². The van der Waals surface area contributed by atoms with Crippen molar-refractivity contribution in [2.75, 3.05) is 6.61 Å². The Morgan fingerprint density at radius 2 is 2.12 bits per heavy atom. The molecular weight excluding hydrogens is 224 g/mol. The molecule has 0 saturated heterocycles. The number of rotatable bonds is 3. The summed E-state index contributed by atoms with van der Waals surface area (Å²) >= 11 is 0. The lowest BCUT2D eigenvalue weighted by Gasteiger charge is -2.16. The molecule has 2 aromatic rings. The maximum absolute atomic E-state index is 11.4. The van der Waals surface area contributed by atoms with Crippen LogP contribution in [0.3, 0.4) is 0 Å². The van der Waals surface area contributed by atoms with Gasteiger partial charge in [0.1, 0.15) is 12.2 Å². The summed E-state index contributed by atoms with van der Waals surface area (Å²) in [6.07, 6.45) is -0.982. The summed E-state index contributed by atoms with van der Waals surface area (Å²) in [5.74, 6) is 0. The van der Waals surface area contributed by atoms with Gasteiger partial charge in [0.05, 0.1) is 18.2 Å². The number of aromatic nitrogens is 2. The van der Waals surface area contributed by atoms with E-state index in [1.165, 1.54) is 12.3 Å². The second-order valence-electron chi connectivity index (χ2n) is 3.74. The molecule has 0 radical (unpaired) electrons. The van der Waals surface area contributed by atoms with Gasteiger partial charge in [0.15, 0.2) is 0 Å². The first-order chi connectivity index (χ1) is 8.13. The molecule has 1 aromatic carbocycles. The maximum Gasteiger partial charge on any atom is 0.272 e. The highest BCUT2D eigenvalue weighted by Gasteiger charge is 2.17. The predicted octanol–water partition coefficient (Wildman–Crippen LogP) is -0.690. The Kier molecular flexibility index (Phi) is 3.19. The van der Waals surface area contributed by atoms with E-state index in [0.29, 0.717) is 16.3 Å². The van der Waals surface area contributed by atoms with Crippen molar-refractivity contribution in [3.05, 3.63) is 40.3 Å². The molecule has 0 aliphatic rings. The number of hydrogen-bond donors (Lipinski definition) is 4. The van der Waals surface area contributed by atoms with E-state index >= 15 is 0 Å². The minimum Gasteiger partial charge on any atom is -0.394 e. The molecule has 17 heavy (non-hydrogen) atoms. The number of fused-ring (bicyclic) bond motifs is 1. The summed E-state index contributed by atoms with van der Waals surface area (Å²) in [5, 5.41) is 34.7. The van der Waals surface area contributed by atoms with E-state index in [2.05, 4.69) is 10.2 Å². The summed E-state index contributed by atoms with van der Waals surface area (Å²) in [7, 11) is 0. The average molecular weight is 236 g/mol. The molecule has 0 bridgehead atoms. The minimum atomic E-state index is -1.25. The summed E-state index contributed by atoms with van der Waals surface area (Å²) in [5.41, 5.74) is 0.109. The number of hydrogen-bond acceptors (Lipinski definition) is 5. The molecule has 4 N–H and O–H groups in total. The SMILES string of the molecule is O=c1[nH]ncc2cc(C(O)C(O)CO)ccc12. The summed E-state index contributed by atoms with van der Waals surface area (Å²) in [4.78, 5) is 11.4. The van der Waals surface area contributed by atoms with Crippen molar-refractivity contribution < 1.29 is 15.3 Å². The van der Waals surface area contributed by atoms with E-state index in [9.17, 15) is 15.0 Å². The van der Waals surface area contributed by atoms with Crippen molar-refractivity contribution in [2.24, 2.45) is 0 Å². The molecule has 0 amide bonds. The lowest BCUT2D eigenvalue weighted by molar-refractivity contribution is -0.0152. The van der Waals surface area contributed by atoms with E-state index < -0.39 is 18.8 Å². The number of benzene rings is 1. The third kappa shape index (κ3) is 2.19. The monoisotopic (exact) mass is 236 g/mol. The van der Waals surface area contributed by atoms with Crippen molar-refractivity contribution in [1.82, 2.24) is 10.2 Å². The van der Waals surface area contributed by atoms with Crippen molar-refractivity contribution >= 4 is 10.8 Å². The Balaban J connectivity index is 2.48. The van der Waals surface area contributed by atoms with E-state index in [-0.39, 0.29) is 5.56 Å². The van der Waals surface area contributed by atoms with Crippen LogP contribution in [0, 0.1) is 0 Å². The zero-order chi connectivity index (χ0) is 12.4. The standard InChI is InChI=1S/C11H12N2O4/c14-5-9(15)10(16)6-1-2-8-7(3-6)4-12-13-11(8)17/h1-4,9-10,14-16H,5H2,(H,13,17). The Bertz CT molecular complexity index is 581. The molecule has 2 rings (SSSR count). The lowest BCUT2D eigenvalue weighted by Crippen LogP contribution is -2.22. The van der Waals surface area contributed by atoms with Gasteiger partial charge in [-0.3, -0.25) is 4.79 Å². The van der Waals surface area contributed by atoms with Crippen molar-refractivity contribution in [2.45, 2.75) is 12.2 Å². The van der Waals surface area contributed by atoms with Crippen LogP contribution in [-0.4, -0.2) is 38.2 Å². The topological polar surface area (TPSA) is 106 Å². The van der Waals surface area contributed by atoms with Crippen LogP contribution in [-0.2, 0) is 0 Å². The summed E-state index contributed by atoms with van der Waals surface area (Å²) < 4.78 is 0. The molecule has 6 heteroatoms. The zero-order valence-electron chi connectivity index (χ0n) is 8.87. The molecule has 0 aliphatic carbocycles. The molecule has 6 nitrogen and oxygen atoms in total. The van der Waals surface area contributed by atoms with Crippen molar-refractivity contribution in [1.29, 1.82) is 0 Å². The van der Waals surface area contributed by atoms with Crippen LogP contribution in [0.5, 0.6) is 0 Å². The van der Waals surface area contributed by atoms with Gasteiger partial charge in [0.2, 0.25) is 0 Å². The zero-order valence-corrected chi connectivity index (χ0v) is 8.87. The molecule has 2 atom stereocenters. The smallest absolute Gasteiger partial charge is 0.272 e. The highest BCUT2D eigenvalue weighted by atomic mass is 16.4. The molecule has 0 fully saturated rings. The normalized spacial score (nSPS) is 14.8. The second kappa shape index (κ2) is 4.62. The summed E-state index contributed by atoms with van der Waals surface area (Å²) in [6, 6.07) is 4.63. The Labute approximate surface area is 96.2 Å². The quantitative estimate of drug-likeness (QED) is 0.564. The molecule has 0 aliphatic heterocycles. The van der Waals surface area contributed by atoms with Gasteiger partial charge in [0, 0.05) is 5.39 Å². The number of aliphatic hydroxyl groups is 3. The first-order valence-electron chi connectivity index (χ1n) is 5.08. The Hall–Kier alpha value is -1.76. The maximum atomic E-state index is 11.4. The number of aromatic amines is 1. The largest absolute Gasteiger partial charge is 0.394 e. The number of nitrogens with zero attached hydrogens (tertiary/aromatic N) is 1. The molecule has 90 valence electrons. The predicted molar refractivity (Wildman–Crippen MR) is 60.4 cm³/mol. The number of H-pyrrole nitrogens is 1. The van der Waals surface area contributed by atoms with Crippen LogP contribution < -0.4 is 5.56 Å². The van der Waals surface area contributed by atoms with E-state index in [1.54, 1.807) is 12.1 Å². The van der Waals surface area contributed by atoms with Crippen molar-refractivity contribution in [3.8, 4) is 0 Å². The number of aliphatic hydroxyl groups excluding tert-OH is 3. The van der Waals surface area contributed by atoms with E-state index in [4.69, 9.17) is 5.11 Å². The third-order valence-corrected chi connectivity index (χ3v) is 2.58. The fourth-order valence-electron chi connectivity index (χ4n) is 1.62. The number of nitrogens with one attached hydrogen (secondary N) is 1. The fraction of sp³-hybridized carbons (Fsp3) is 0.273. The minimum absolute atomic E-state index is 0.314. The fourth-order valence-corrected chi connectivity index (χ4v) is 1.62. The van der Waals surface area contributed by atoms with Crippen molar-refractivity contribution in [3.63, 3.8) is 0 Å². The van der Waals surface area contributed by atoms with Gasteiger partial charge in [0.25, 0.3) is 5.56 Å². The average Bonchev–Trinajstić information content (AvgIpc) is 2.37. The molecular formula is C11H12N2O4. The first-order valence-corrected chi connectivity index (χ1v) is 5.08.